The van der Waals surface area contributed by atoms with E-state index in [2.05, 4.69) is 6.92 Å². The summed E-state index contributed by atoms with van der Waals surface area (Å²) in [5.41, 5.74) is 0. The van der Waals surface area contributed by atoms with E-state index in [4.69, 9.17) is 18.8 Å². The molecule has 0 fully saturated rings. The highest BCUT2D eigenvalue weighted by Gasteiger charge is 2.03. The second-order valence-electron chi connectivity index (χ2n) is 9.13. The van der Waals surface area contributed by atoms with Crippen molar-refractivity contribution in [2.45, 2.75) is 122 Å². The van der Waals surface area contributed by atoms with Gasteiger partial charge in [-0.2, -0.15) is 8.42 Å². The van der Waals surface area contributed by atoms with Crippen molar-refractivity contribution in [2.75, 3.05) is 45.4 Å². The second kappa shape index (κ2) is 26.4. The maximum atomic E-state index is 10.5. The highest BCUT2D eigenvalue weighted by Crippen LogP contribution is 2.14. The summed E-state index contributed by atoms with van der Waals surface area (Å²) in [7, 11) is -3.94. The van der Waals surface area contributed by atoms with E-state index >= 15 is 0 Å². The molecule has 200 valence electrons. The van der Waals surface area contributed by atoms with Crippen LogP contribution in [0.2, 0.25) is 0 Å². The molecule has 0 saturated carbocycles. The third-order valence-corrected chi connectivity index (χ3v) is 6.55. The van der Waals surface area contributed by atoms with Crippen molar-refractivity contribution in [3.63, 3.8) is 0 Å². The molecule has 0 aromatic carbocycles. The number of rotatable bonds is 28. The van der Waals surface area contributed by atoms with Crippen LogP contribution in [0.5, 0.6) is 0 Å². The lowest BCUT2D eigenvalue weighted by molar-refractivity contribution is 0.0164. The minimum absolute atomic E-state index is 0.0158. The van der Waals surface area contributed by atoms with Crippen LogP contribution in [0.1, 0.15) is 122 Å². The summed E-state index contributed by atoms with van der Waals surface area (Å²) in [6.07, 6.45) is 24.9. The SMILES string of the molecule is CCCCCCCCCCCCCCCCCCCCOCCOCCOCCS(=O)(=O)O. The molecule has 0 amide bonds. The van der Waals surface area contributed by atoms with Crippen LogP contribution in [0.4, 0.5) is 0 Å². The van der Waals surface area contributed by atoms with Gasteiger partial charge in [-0.25, -0.2) is 0 Å². The van der Waals surface area contributed by atoms with Gasteiger partial charge in [0.05, 0.1) is 38.8 Å². The number of unbranched alkanes of at least 4 members (excludes halogenated alkanes) is 17. The fourth-order valence-electron chi connectivity index (χ4n) is 3.81. The van der Waals surface area contributed by atoms with Gasteiger partial charge in [0.1, 0.15) is 0 Å². The van der Waals surface area contributed by atoms with Crippen LogP contribution in [0.15, 0.2) is 0 Å². The largest absolute Gasteiger partial charge is 0.379 e. The van der Waals surface area contributed by atoms with Crippen molar-refractivity contribution >= 4 is 10.1 Å². The second-order valence-corrected chi connectivity index (χ2v) is 10.7. The first-order chi connectivity index (χ1) is 16.1. The molecule has 0 rings (SSSR count). The molecule has 0 atom stereocenters. The average Bonchev–Trinajstić information content (AvgIpc) is 2.78. The minimum atomic E-state index is -3.94. The lowest BCUT2D eigenvalue weighted by Gasteiger charge is -2.07. The van der Waals surface area contributed by atoms with Crippen molar-refractivity contribution in [3.8, 4) is 0 Å². The summed E-state index contributed by atoms with van der Waals surface area (Å²) in [5, 5.41) is 0. The summed E-state index contributed by atoms with van der Waals surface area (Å²) in [4.78, 5) is 0. The zero-order valence-electron chi connectivity index (χ0n) is 21.6. The van der Waals surface area contributed by atoms with Crippen LogP contribution in [-0.4, -0.2) is 58.4 Å². The van der Waals surface area contributed by atoms with Gasteiger partial charge in [-0.15, -0.1) is 0 Å². The van der Waals surface area contributed by atoms with Gasteiger partial charge in [0.25, 0.3) is 10.1 Å². The minimum Gasteiger partial charge on any atom is -0.379 e. The van der Waals surface area contributed by atoms with Crippen molar-refractivity contribution < 1.29 is 27.2 Å². The van der Waals surface area contributed by atoms with Crippen LogP contribution in [-0.2, 0) is 24.3 Å². The molecule has 0 aromatic heterocycles. The van der Waals surface area contributed by atoms with E-state index in [0.29, 0.717) is 26.4 Å². The molecule has 0 aliphatic carbocycles. The normalized spacial score (nSPS) is 11.9. The zero-order valence-corrected chi connectivity index (χ0v) is 22.4. The number of ether oxygens (including phenoxy) is 3. The summed E-state index contributed by atoms with van der Waals surface area (Å²) < 4.78 is 45.5. The monoisotopic (exact) mass is 494 g/mol. The molecule has 33 heavy (non-hydrogen) atoms. The first kappa shape index (κ1) is 32.8. The van der Waals surface area contributed by atoms with Gasteiger partial charge in [0.15, 0.2) is 0 Å². The summed E-state index contributed by atoms with van der Waals surface area (Å²) in [5.74, 6) is -0.379. The molecular formula is C26H54O6S. The Bertz CT molecular complexity index is 469. The van der Waals surface area contributed by atoms with Gasteiger partial charge >= 0.3 is 0 Å². The zero-order chi connectivity index (χ0) is 24.3. The highest BCUT2D eigenvalue weighted by atomic mass is 32.2. The van der Waals surface area contributed by atoms with Crippen molar-refractivity contribution in [1.82, 2.24) is 0 Å². The van der Waals surface area contributed by atoms with E-state index in [-0.39, 0.29) is 12.4 Å². The third kappa shape index (κ3) is 31.8. The molecule has 6 nitrogen and oxygen atoms in total. The Morgan fingerprint density at radius 3 is 1.12 bits per heavy atom. The Morgan fingerprint density at radius 2 is 0.758 bits per heavy atom. The first-order valence-corrected chi connectivity index (χ1v) is 15.4. The number of hydrogen-bond donors (Lipinski definition) is 1. The highest BCUT2D eigenvalue weighted by molar-refractivity contribution is 7.85. The maximum absolute atomic E-state index is 10.5. The maximum Gasteiger partial charge on any atom is 0.267 e. The molecule has 0 unspecified atom stereocenters. The van der Waals surface area contributed by atoms with E-state index in [0.717, 1.165) is 13.0 Å². The predicted molar refractivity (Wildman–Crippen MR) is 138 cm³/mol. The van der Waals surface area contributed by atoms with E-state index < -0.39 is 10.1 Å². The van der Waals surface area contributed by atoms with Gasteiger partial charge < -0.3 is 14.2 Å². The lowest BCUT2D eigenvalue weighted by atomic mass is 10.0. The fourth-order valence-corrected chi connectivity index (χ4v) is 4.14. The van der Waals surface area contributed by atoms with E-state index in [1.54, 1.807) is 0 Å². The molecule has 0 spiro atoms. The Kier molecular flexibility index (Phi) is 26.2. The van der Waals surface area contributed by atoms with Gasteiger partial charge in [-0.3, -0.25) is 4.55 Å². The average molecular weight is 495 g/mol. The van der Waals surface area contributed by atoms with E-state index in [9.17, 15) is 8.42 Å². The topological polar surface area (TPSA) is 82.1 Å². The summed E-state index contributed by atoms with van der Waals surface area (Å²) in [6.45, 7) is 4.85. The molecule has 0 bridgehead atoms. The first-order valence-electron chi connectivity index (χ1n) is 13.7. The third-order valence-electron chi connectivity index (χ3n) is 5.87. The molecule has 7 heteroatoms. The quantitative estimate of drug-likeness (QED) is 0.0934. The molecular weight excluding hydrogens is 440 g/mol. The van der Waals surface area contributed by atoms with Crippen LogP contribution < -0.4 is 0 Å². The molecule has 0 saturated heterocycles. The smallest absolute Gasteiger partial charge is 0.267 e. The summed E-state index contributed by atoms with van der Waals surface area (Å²) >= 11 is 0. The van der Waals surface area contributed by atoms with Crippen LogP contribution in [0, 0.1) is 0 Å². The molecule has 1 N–H and O–H groups in total. The summed E-state index contributed by atoms with van der Waals surface area (Å²) in [6, 6.07) is 0. The van der Waals surface area contributed by atoms with Crippen molar-refractivity contribution in [1.29, 1.82) is 0 Å². The Balaban J connectivity index is 3.04. The molecule has 0 aliphatic rings. The Hall–Kier alpha value is -0.210. The Labute approximate surface area is 205 Å². The van der Waals surface area contributed by atoms with E-state index in [1.807, 2.05) is 0 Å². The van der Waals surface area contributed by atoms with Crippen LogP contribution in [0.25, 0.3) is 0 Å². The molecule has 0 radical (unpaired) electrons. The van der Waals surface area contributed by atoms with Gasteiger partial charge in [0.2, 0.25) is 0 Å². The standard InChI is InChI=1S/C26H54O6S/c1-2-3-4-5-6-7-8-9-10-11-12-13-14-15-16-17-18-19-20-30-21-22-31-23-24-32-25-26-33(27,28)29/h2-26H2,1H3,(H,27,28,29). The van der Waals surface area contributed by atoms with Crippen molar-refractivity contribution in [2.24, 2.45) is 0 Å². The molecule has 0 aliphatic heterocycles. The van der Waals surface area contributed by atoms with Crippen LogP contribution in [0.3, 0.4) is 0 Å². The van der Waals surface area contributed by atoms with Crippen molar-refractivity contribution in [3.05, 3.63) is 0 Å². The predicted octanol–water partition coefficient (Wildman–Crippen LogP) is 6.97. The van der Waals surface area contributed by atoms with Crippen LogP contribution >= 0.6 is 0 Å². The van der Waals surface area contributed by atoms with E-state index in [1.165, 1.54) is 109 Å². The molecule has 0 aromatic rings. The Morgan fingerprint density at radius 1 is 0.455 bits per heavy atom. The van der Waals surface area contributed by atoms with Gasteiger partial charge in [-0.1, -0.05) is 116 Å². The van der Waals surface area contributed by atoms with Gasteiger partial charge in [-0.05, 0) is 6.42 Å². The lowest BCUT2D eigenvalue weighted by Crippen LogP contribution is -2.14. The van der Waals surface area contributed by atoms with Gasteiger partial charge in [0, 0.05) is 6.61 Å². The fraction of sp³-hybridized carbons (Fsp3) is 1.00. The molecule has 0 heterocycles. The number of hydrogen-bond acceptors (Lipinski definition) is 5.